The number of halogens is 1. The van der Waals surface area contributed by atoms with Crippen molar-refractivity contribution in [2.75, 3.05) is 32.8 Å². The fraction of sp³-hybridized carbons (Fsp3) is 0.611. The minimum atomic E-state index is 0.161. The first-order valence-electron chi connectivity index (χ1n) is 8.54. The maximum atomic E-state index is 12.7. The van der Waals surface area contributed by atoms with Crippen molar-refractivity contribution in [3.8, 4) is 0 Å². The molecule has 1 atom stereocenters. The topological polar surface area (TPSA) is 41.6 Å². The van der Waals surface area contributed by atoms with Crippen molar-refractivity contribution in [1.29, 1.82) is 0 Å². The van der Waals surface area contributed by atoms with Crippen molar-refractivity contribution in [1.82, 2.24) is 10.2 Å². The van der Waals surface area contributed by atoms with Crippen molar-refractivity contribution >= 4 is 17.5 Å². The number of ether oxygens (including phenoxy) is 1. The highest BCUT2D eigenvalue weighted by Gasteiger charge is 2.28. The number of nitrogens with one attached hydrogen (secondary N) is 1. The highest BCUT2D eigenvalue weighted by molar-refractivity contribution is 6.30. The Kier molecular flexibility index (Phi) is 5.92. The number of hydrogen-bond donors (Lipinski definition) is 1. The molecular formula is C18H25ClN2O2. The van der Waals surface area contributed by atoms with Gasteiger partial charge in [-0.05, 0) is 42.9 Å². The average molecular weight is 337 g/mol. The van der Waals surface area contributed by atoms with Gasteiger partial charge < -0.3 is 15.0 Å². The zero-order valence-electron chi connectivity index (χ0n) is 13.5. The van der Waals surface area contributed by atoms with Gasteiger partial charge in [-0.2, -0.15) is 0 Å². The van der Waals surface area contributed by atoms with Gasteiger partial charge >= 0.3 is 0 Å². The van der Waals surface area contributed by atoms with Gasteiger partial charge in [0.15, 0.2) is 0 Å². The Morgan fingerprint density at radius 3 is 2.74 bits per heavy atom. The lowest BCUT2D eigenvalue weighted by atomic mass is 10.1. The van der Waals surface area contributed by atoms with E-state index in [1.165, 1.54) is 18.4 Å². The first-order valence-corrected chi connectivity index (χ1v) is 8.92. The zero-order valence-corrected chi connectivity index (χ0v) is 14.2. The van der Waals surface area contributed by atoms with E-state index in [2.05, 4.69) is 5.32 Å². The van der Waals surface area contributed by atoms with E-state index in [1.807, 2.05) is 29.2 Å². The van der Waals surface area contributed by atoms with Crippen LogP contribution in [-0.2, 0) is 16.0 Å². The summed E-state index contributed by atoms with van der Waals surface area (Å²) in [7, 11) is 0. The third kappa shape index (κ3) is 5.48. The molecule has 23 heavy (non-hydrogen) atoms. The lowest BCUT2D eigenvalue weighted by Gasteiger charge is -2.28. The Morgan fingerprint density at radius 1 is 1.30 bits per heavy atom. The number of rotatable bonds is 7. The van der Waals surface area contributed by atoms with E-state index in [1.54, 1.807) is 0 Å². The second-order valence-electron chi connectivity index (χ2n) is 6.59. The fourth-order valence-corrected chi connectivity index (χ4v) is 3.06. The van der Waals surface area contributed by atoms with Crippen LogP contribution in [0.2, 0.25) is 5.02 Å². The molecule has 1 amide bonds. The molecule has 5 heteroatoms. The second kappa shape index (κ2) is 8.13. The smallest absolute Gasteiger partial charge is 0.224 e. The maximum absolute atomic E-state index is 12.7. The van der Waals surface area contributed by atoms with E-state index in [-0.39, 0.29) is 11.9 Å². The molecule has 1 saturated carbocycles. The van der Waals surface area contributed by atoms with Crippen LogP contribution in [-0.4, -0.2) is 49.7 Å². The highest BCUT2D eigenvalue weighted by Crippen LogP contribution is 2.30. The summed E-state index contributed by atoms with van der Waals surface area (Å²) in [6, 6.07) is 8.06. The Labute approximate surface area is 143 Å². The Balaban J connectivity index is 1.53. The third-order valence-corrected chi connectivity index (χ3v) is 4.78. The molecule has 1 N–H and O–H groups in total. The highest BCUT2D eigenvalue weighted by atomic mass is 35.5. The van der Waals surface area contributed by atoms with Gasteiger partial charge in [0.05, 0.1) is 13.2 Å². The van der Waals surface area contributed by atoms with Gasteiger partial charge in [0.1, 0.15) is 0 Å². The lowest BCUT2D eigenvalue weighted by molar-refractivity contribution is -0.132. The van der Waals surface area contributed by atoms with Crippen molar-refractivity contribution < 1.29 is 9.53 Å². The number of nitrogens with zero attached hydrogens (tertiary/aromatic N) is 1. The monoisotopic (exact) mass is 336 g/mol. The van der Waals surface area contributed by atoms with Gasteiger partial charge in [-0.3, -0.25) is 4.79 Å². The molecule has 0 aromatic heterocycles. The minimum absolute atomic E-state index is 0.161. The number of morpholine rings is 1. The van der Waals surface area contributed by atoms with Gasteiger partial charge in [-0.25, -0.2) is 0 Å². The molecule has 3 rings (SSSR count). The quantitative estimate of drug-likeness (QED) is 0.831. The first kappa shape index (κ1) is 16.7. The molecule has 2 aliphatic rings. The summed E-state index contributed by atoms with van der Waals surface area (Å²) in [6.45, 7) is 3.91. The van der Waals surface area contributed by atoms with Crippen LogP contribution in [0.5, 0.6) is 0 Å². The van der Waals surface area contributed by atoms with Gasteiger partial charge in [0.2, 0.25) is 5.91 Å². The number of carbonyl (C=O) groups excluding carboxylic acids is 1. The molecule has 0 bridgehead atoms. The summed E-state index contributed by atoms with van der Waals surface area (Å²) < 4.78 is 5.45. The van der Waals surface area contributed by atoms with Gasteiger partial charge in [-0.1, -0.05) is 23.7 Å². The minimum Gasteiger partial charge on any atom is -0.378 e. The summed E-state index contributed by atoms with van der Waals surface area (Å²) in [5, 5.41) is 4.12. The number of hydrogen-bond acceptors (Lipinski definition) is 3. The normalized spacial score (nSPS) is 21.2. The van der Waals surface area contributed by atoms with Crippen molar-refractivity contribution in [3.05, 3.63) is 34.9 Å². The van der Waals surface area contributed by atoms with Crippen LogP contribution in [0, 0.1) is 5.92 Å². The van der Waals surface area contributed by atoms with Gasteiger partial charge in [0, 0.05) is 37.1 Å². The maximum Gasteiger partial charge on any atom is 0.224 e. The summed E-state index contributed by atoms with van der Waals surface area (Å²) in [6.07, 6.45) is 3.93. The standard InChI is InChI=1S/C18H25ClN2O2/c19-16-5-3-14(4-6-16)7-9-21(12-15-1-2-15)18(22)11-17-13-23-10-8-20-17/h3-6,15,17,20H,1-2,7-13H2. The predicted molar refractivity (Wildman–Crippen MR) is 91.7 cm³/mol. The Hall–Kier alpha value is -1.10. The van der Waals surface area contributed by atoms with Crippen molar-refractivity contribution in [2.24, 2.45) is 5.92 Å². The van der Waals surface area contributed by atoms with Gasteiger partial charge in [0.25, 0.3) is 0 Å². The molecule has 1 saturated heterocycles. The van der Waals surface area contributed by atoms with E-state index in [0.29, 0.717) is 18.9 Å². The molecule has 1 aromatic carbocycles. The fourth-order valence-electron chi connectivity index (χ4n) is 2.94. The van der Waals surface area contributed by atoms with Crippen LogP contribution >= 0.6 is 11.6 Å². The Morgan fingerprint density at radius 2 is 2.09 bits per heavy atom. The summed E-state index contributed by atoms with van der Waals surface area (Å²) >= 11 is 5.93. The molecule has 1 aliphatic carbocycles. The van der Waals surface area contributed by atoms with E-state index in [9.17, 15) is 4.79 Å². The van der Waals surface area contributed by atoms with Crippen LogP contribution in [0.4, 0.5) is 0 Å². The molecule has 1 aromatic rings. The molecule has 1 heterocycles. The number of amides is 1. The molecular weight excluding hydrogens is 312 g/mol. The number of benzene rings is 1. The number of carbonyl (C=O) groups is 1. The van der Waals surface area contributed by atoms with Crippen LogP contribution in [0.3, 0.4) is 0 Å². The largest absolute Gasteiger partial charge is 0.378 e. The molecule has 1 aliphatic heterocycles. The van der Waals surface area contributed by atoms with E-state index < -0.39 is 0 Å². The summed E-state index contributed by atoms with van der Waals surface area (Å²) in [5.74, 6) is 0.952. The Bertz CT molecular complexity index is 510. The van der Waals surface area contributed by atoms with Crippen LogP contribution in [0.25, 0.3) is 0 Å². The average Bonchev–Trinajstić information content (AvgIpc) is 3.38. The predicted octanol–water partition coefficient (Wildman–Crippen LogP) is 2.50. The molecule has 2 fully saturated rings. The van der Waals surface area contributed by atoms with Crippen LogP contribution in [0.15, 0.2) is 24.3 Å². The molecule has 4 nitrogen and oxygen atoms in total. The second-order valence-corrected chi connectivity index (χ2v) is 7.03. The SMILES string of the molecule is O=C(CC1COCCN1)N(CCc1ccc(Cl)cc1)CC1CC1. The van der Waals surface area contributed by atoms with Crippen molar-refractivity contribution in [3.63, 3.8) is 0 Å². The van der Waals surface area contributed by atoms with Gasteiger partial charge in [-0.15, -0.1) is 0 Å². The molecule has 0 radical (unpaired) electrons. The van der Waals surface area contributed by atoms with Crippen LogP contribution < -0.4 is 5.32 Å². The third-order valence-electron chi connectivity index (χ3n) is 4.53. The summed E-state index contributed by atoms with van der Waals surface area (Å²) in [4.78, 5) is 14.7. The molecule has 1 unspecified atom stereocenters. The first-order chi connectivity index (χ1) is 11.2. The lowest BCUT2D eigenvalue weighted by Crippen LogP contribution is -2.45. The van der Waals surface area contributed by atoms with E-state index >= 15 is 0 Å². The van der Waals surface area contributed by atoms with E-state index in [0.717, 1.165) is 37.7 Å². The summed E-state index contributed by atoms with van der Waals surface area (Å²) in [5.41, 5.74) is 1.22. The zero-order chi connectivity index (χ0) is 16.1. The van der Waals surface area contributed by atoms with Crippen LogP contribution in [0.1, 0.15) is 24.8 Å². The molecule has 0 spiro atoms. The van der Waals surface area contributed by atoms with E-state index in [4.69, 9.17) is 16.3 Å². The van der Waals surface area contributed by atoms with Crippen molar-refractivity contribution in [2.45, 2.75) is 31.7 Å². The molecule has 126 valence electrons.